The molecule has 2 aliphatic heterocycles. The molecule has 4 aliphatic rings. The Labute approximate surface area is 557 Å². The number of allylic oxidation sites excluding steroid dienone is 7. The van der Waals surface area contributed by atoms with E-state index in [4.69, 9.17) is 14.6 Å². The molecule has 19 nitrogen and oxygen atoms in total. The van der Waals surface area contributed by atoms with Crippen molar-refractivity contribution in [3.63, 3.8) is 0 Å². The Bertz CT molecular complexity index is 4100. The number of unbranched alkanes of at least 4 members (excludes halogenated alkanes) is 2. The molecule has 0 spiro atoms. The highest BCUT2D eigenvalue weighted by Gasteiger charge is 2.45. The van der Waals surface area contributed by atoms with Gasteiger partial charge in [0.05, 0.1) is 41.6 Å². The van der Waals surface area contributed by atoms with Crippen LogP contribution in [0.15, 0.2) is 129 Å². The first-order valence-electron chi connectivity index (χ1n) is 32.6. The summed E-state index contributed by atoms with van der Waals surface area (Å²) in [6.45, 7) is 9.65. The third-order valence-corrected chi connectivity index (χ3v) is 22.4. The summed E-state index contributed by atoms with van der Waals surface area (Å²) in [5.74, 6) is -7.55. The van der Waals surface area contributed by atoms with Gasteiger partial charge in [-0.2, -0.15) is 21.4 Å². The van der Waals surface area contributed by atoms with Gasteiger partial charge >= 0.3 is 0 Å². The maximum absolute atomic E-state index is 15.8. The van der Waals surface area contributed by atoms with Crippen LogP contribution in [0, 0.1) is 17.5 Å². The zero-order chi connectivity index (χ0) is 68.9. The number of para-hydroxylation sites is 2. The van der Waals surface area contributed by atoms with Crippen LogP contribution in [-0.4, -0.2) is 121 Å². The van der Waals surface area contributed by atoms with Crippen LogP contribution in [0.4, 0.5) is 30.2 Å². The normalized spacial score (nSPS) is 17.9. The Morgan fingerprint density at radius 2 is 1.33 bits per heavy atom. The molecule has 8 rings (SSSR count). The van der Waals surface area contributed by atoms with E-state index in [1.54, 1.807) is 0 Å². The molecular formula is C69H89F3N5O14S4+. The van der Waals surface area contributed by atoms with E-state index >= 15 is 13.2 Å². The third kappa shape index (κ3) is 19.6. The molecule has 0 bridgehead atoms. The van der Waals surface area contributed by atoms with Crippen molar-refractivity contribution in [2.24, 2.45) is 5.14 Å². The Hall–Kier alpha value is -6.52. The fourth-order valence-electron chi connectivity index (χ4n) is 13.1. The molecule has 0 atom stereocenters. The van der Waals surface area contributed by atoms with Crippen molar-refractivity contribution in [2.45, 2.75) is 176 Å². The van der Waals surface area contributed by atoms with Gasteiger partial charge in [0.1, 0.15) is 28.7 Å². The maximum Gasteiger partial charge on any atom is 0.264 e. The van der Waals surface area contributed by atoms with E-state index in [-0.39, 0.29) is 49.9 Å². The average Bonchev–Trinajstić information content (AvgIpc) is 1.75. The SMILES string of the molecule is CC1(C)C(=CC=C2CCCC(C=CC3=[N+](CCCCS(=O)(=O)O)c4ccccc4C3(C)C)=C2Oc2ccc(CCCC(=O)CCOCCNC(=O)CCS(=O)(=O)c3c(F)c(F)c(S(N)(=O)=O)c(F)c3NC3CCCCCCC3)cc2)N(CCCCS(=O)(=O)O)c2ccccc21. The molecule has 4 aromatic rings. The molecule has 6 N–H and O–H groups in total. The van der Waals surface area contributed by atoms with Gasteiger partial charge in [0, 0.05) is 79.3 Å². The van der Waals surface area contributed by atoms with E-state index < -0.39 is 108 Å². The van der Waals surface area contributed by atoms with Crippen LogP contribution in [0.1, 0.15) is 160 Å². The number of amides is 1. The van der Waals surface area contributed by atoms with Crippen molar-refractivity contribution < 1.29 is 79.6 Å². The highest BCUT2D eigenvalue weighted by Crippen LogP contribution is 2.48. The molecule has 0 aromatic heterocycles. The molecular weight excluding hydrogens is 1310 g/mol. The number of carbonyl (C=O) groups is 2. The average molecular weight is 1400 g/mol. The summed E-state index contributed by atoms with van der Waals surface area (Å²) < 4.78 is 178. The summed E-state index contributed by atoms with van der Waals surface area (Å²) in [7, 11) is -18.4. The van der Waals surface area contributed by atoms with E-state index in [2.05, 4.69) is 96.4 Å². The van der Waals surface area contributed by atoms with Crippen molar-refractivity contribution in [3.8, 4) is 5.75 Å². The zero-order valence-corrected chi connectivity index (χ0v) is 57.7. The van der Waals surface area contributed by atoms with E-state index in [9.17, 15) is 52.4 Å². The lowest BCUT2D eigenvalue weighted by Gasteiger charge is -2.27. The number of ketones is 1. The number of hydrogen-bond donors (Lipinski definition) is 5. The molecule has 1 saturated carbocycles. The Morgan fingerprint density at radius 3 is 2.01 bits per heavy atom. The lowest BCUT2D eigenvalue weighted by molar-refractivity contribution is -0.438. The number of sulfonamides is 1. The molecule has 0 radical (unpaired) electrons. The number of hydrogen-bond acceptors (Lipinski definition) is 14. The van der Waals surface area contributed by atoms with Gasteiger partial charge in [0.15, 0.2) is 37.9 Å². The van der Waals surface area contributed by atoms with Crippen molar-refractivity contribution in [1.29, 1.82) is 0 Å². The number of nitrogens with zero attached hydrogens (tertiary/aromatic N) is 2. The molecule has 1 amide bonds. The van der Waals surface area contributed by atoms with E-state index in [0.717, 1.165) is 76.3 Å². The topological polar surface area (TPSA) is 286 Å². The number of halogens is 3. The molecule has 26 heteroatoms. The monoisotopic (exact) mass is 1400 g/mol. The largest absolute Gasteiger partial charge is 0.457 e. The maximum atomic E-state index is 15.8. The van der Waals surface area contributed by atoms with Gasteiger partial charge in [-0.15, -0.1) is 0 Å². The summed E-state index contributed by atoms with van der Waals surface area (Å²) in [5.41, 5.74) is 7.41. The number of primary sulfonamides is 1. The van der Waals surface area contributed by atoms with Gasteiger partial charge in [-0.1, -0.05) is 101 Å². The number of aryl methyl sites for hydroxylation is 1. The van der Waals surface area contributed by atoms with Gasteiger partial charge in [0.25, 0.3) is 20.2 Å². The van der Waals surface area contributed by atoms with Crippen LogP contribution in [0.5, 0.6) is 5.75 Å². The third-order valence-electron chi connectivity index (χ3n) is 18.1. The Morgan fingerprint density at radius 1 is 0.684 bits per heavy atom. The molecule has 518 valence electrons. The second kappa shape index (κ2) is 32.2. The lowest BCUT2D eigenvalue weighted by Crippen LogP contribution is -2.30. The molecule has 2 heterocycles. The van der Waals surface area contributed by atoms with Gasteiger partial charge in [-0.25, -0.2) is 35.1 Å². The number of Topliss-reactive ketones (excluding diaryl/α,β-unsaturated/α-hetero) is 1. The molecule has 2 aliphatic carbocycles. The van der Waals surface area contributed by atoms with Crippen LogP contribution in [-0.2, 0) is 71.7 Å². The minimum atomic E-state index is -5.17. The highest BCUT2D eigenvalue weighted by atomic mass is 32.2. The van der Waals surface area contributed by atoms with Crippen molar-refractivity contribution >= 4 is 74.6 Å². The summed E-state index contributed by atoms with van der Waals surface area (Å²) in [5, 5.41) is 10.1. The van der Waals surface area contributed by atoms with Gasteiger partial charge in [-0.3, -0.25) is 18.7 Å². The molecule has 95 heavy (non-hydrogen) atoms. The number of sulfone groups is 1. The van der Waals surface area contributed by atoms with Gasteiger partial charge in [-0.05, 0) is 131 Å². The summed E-state index contributed by atoms with van der Waals surface area (Å²) in [4.78, 5) is 24.7. The number of rotatable bonds is 32. The summed E-state index contributed by atoms with van der Waals surface area (Å²) in [6.07, 6.45) is 18.0. The fourth-order valence-corrected chi connectivity index (χ4v) is 16.4. The van der Waals surface area contributed by atoms with E-state index in [1.807, 2.05) is 48.5 Å². The first kappa shape index (κ1) is 74.3. The highest BCUT2D eigenvalue weighted by molar-refractivity contribution is 7.91. The molecule has 0 unspecified atom stereocenters. The minimum Gasteiger partial charge on any atom is -0.457 e. The lowest BCUT2D eigenvalue weighted by atomic mass is 9.81. The van der Waals surface area contributed by atoms with Crippen LogP contribution in [0.3, 0.4) is 0 Å². The first-order valence-corrected chi connectivity index (χ1v) is 39.0. The number of benzene rings is 4. The smallest absolute Gasteiger partial charge is 0.264 e. The van der Waals surface area contributed by atoms with Gasteiger partial charge in [0.2, 0.25) is 21.6 Å². The Kier molecular flexibility index (Phi) is 25.2. The number of nitrogens with two attached hydrogens (primary N) is 1. The number of fused-ring (bicyclic) bond motifs is 2. The minimum absolute atomic E-state index is 0.0376. The van der Waals surface area contributed by atoms with Crippen LogP contribution in [0.2, 0.25) is 0 Å². The second-order valence-corrected chi connectivity index (χ2v) is 32.6. The fraction of sp³-hybridized carbons (Fsp3) is 0.493. The van der Waals surface area contributed by atoms with Crippen molar-refractivity contribution in [3.05, 3.63) is 154 Å². The van der Waals surface area contributed by atoms with Crippen molar-refractivity contribution in [1.82, 2.24) is 5.32 Å². The second-order valence-electron chi connectivity index (χ2n) is 25.9. The van der Waals surface area contributed by atoms with Crippen LogP contribution < -0.4 is 25.4 Å². The predicted molar refractivity (Wildman–Crippen MR) is 361 cm³/mol. The number of carbonyl (C=O) groups excluding carboxylic acids is 2. The summed E-state index contributed by atoms with van der Waals surface area (Å²) >= 11 is 0. The predicted octanol–water partition coefficient (Wildman–Crippen LogP) is 11.9. The quantitative estimate of drug-likeness (QED) is 0.0131. The number of nitrogens with one attached hydrogen (secondary N) is 2. The molecule has 0 saturated heterocycles. The van der Waals surface area contributed by atoms with E-state index in [0.29, 0.717) is 102 Å². The zero-order valence-electron chi connectivity index (χ0n) is 54.4. The van der Waals surface area contributed by atoms with Crippen LogP contribution >= 0.6 is 0 Å². The summed E-state index contributed by atoms with van der Waals surface area (Å²) in [6, 6.07) is 23.5. The van der Waals surface area contributed by atoms with E-state index in [1.165, 1.54) is 0 Å². The number of ether oxygens (including phenoxy) is 2. The van der Waals surface area contributed by atoms with Gasteiger partial charge < -0.3 is 25.0 Å². The standard InChI is InChI=1S/C69H88F3N5O14S4/c1-68(2)54-26-10-12-28-56(54)76(41-14-16-45-93(82,83)84)58(68)36-32-49-21-19-22-50(33-37-59-69(3,4)55-27-11-13-29-57(55)77(59)42-15-17-46-94(85,86)87)65(49)91-53-34-30-48(31-35-53)20-18-25-52(78)38-43-90-44-40-74-60(79)39-47-92(80,81)67-62(71)61(70)66(95(73,88)89)63(72)64(67)75-51-23-8-6-5-7-9-24-51/h10-13,26-37,51,75H,5-9,14-25,38-47H2,1-4H3,(H4-,73,74,79,82,83,84,85,86,87,88,89)/p+1. The number of anilines is 2. The first-order chi connectivity index (χ1) is 44.9. The van der Waals surface area contributed by atoms with Crippen molar-refractivity contribution in [2.75, 3.05) is 60.3 Å². The Balaban J connectivity index is 0.896. The molecule has 1 fully saturated rings. The molecule has 4 aromatic carbocycles. The van der Waals surface area contributed by atoms with Crippen LogP contribution in [0.25, 0.3) is 0 Å².